The molecule has 0 unspecified atom stereocenters. The first kappa shape index (κ1) is 17.0. The van der Waals surface area contributed by atoms with Crippen LogP contribution < -0.4 is 10.6 Å². The second-order valence-corrected chi connectivity index (χ2v) is 5.72. The van der Waals surface area contributed by atoms with Crippen molar-refractivity contribution in [3.8, 4) is 0 Å². The van der Waals surface area contributed by atoms with Crippen molar-refractivity contribution in [2.75, 3.05) is 19.0 Å². The molecule has 7 heteroatoms. The molecule has 0 fully saturated rings. The molecule has 3 rings (SSSR count). The summed E-state index contributed by atoms with van der Waals surface area (Å²) in [4.78, 5) is 12.0. The van der Waals surface area contributed by atoms with E-state index in [2.05, 4.69) is 20.4 Å². The van der Waals surface area contributed by atoms with Gasteiger partial charge >= 0.3 is 6.03 Å². The number of anilines is 1. The SMILES string of the molecule is CCc1cc(CNC(=O)Nc2ccc3c(ccn3CCOC)c2)on1. The molecule has 0 aliphatic carbocycles. The lowest BCUT2D eigenvalue weighted by molar-refractivity contribution is 0.188. The predicted octanol–water partition coefficient (Wildman–Crippen LogP) is 3.16. The van der Waals surface area contributed by atoms with Gasteiger partial charge in [0.2, 0.25) is 0 Å². The Labute approximate surface area is 145 Å². The van der Waals surface area contributed by atoms with Crippen LogP contribution in [0.4, 0.5) is 10.5 Å². The van der Waals surface area contributed by atoms with E-state index < -0.39 is 0 Å². The number of rotatable bonds is 7. The summed E-state index contributed by atoms with van der Waals surface area (Å²) in [5.41, 5.74) is 2.72. The molecule has 2 N–H and O–H groups in total. The van der Waals surface area contributed by atoms with Crippen LogP contribution in [0.2, 0.25) is 0 Å². The molecule has 25 heavy (non-hydrogen) atoms. The number of hydrogen-bond donors (Lipinski definition) is 2. The lowest BCUT2D eigenvalue weighted by Crippen LogP contribution is -2.27. The first-order valence-corrected chi connectivity index (χ1v) is 8.26. The molecule has 0 aliphatic heterocycles. The maximum absolute atomic E-state index is 12.0. The maximum Gasteiger partial charge on any atom is 0.319 e. The topological polar surface area (TPSA) is 81.3 Å². The molecule has 2 heterocycles. The van der Waals surface area contributed by atoms with Crippen molar-refractivity contribution in [3.05, 3.63) is 48.0 Å². The van der Waals surface area contributed by atoms with Crippen LogP contribution in [0.5, 0.6) is 0 Å². The molecule has 0 radical (unpaired) electrons. The molecule has 0 spiro atoms. The largest absolute Gasteiger partial charge is 0.383 e. The van der Waals surface area contributed by atoms with Gasteiger partial charge in [-0.1, -0.05) is 12.1 Å². The van der Waals surface area contributed by atoms with E-state index in [0.717, 1.165) is 35.2 Å². The van der Waals surface area contributed by atoms with Crippen LogP contribution in [0.1, 0.15) is 18.4 Å². The number of amides is 2. The third kappa shape index (κ3) is 4.19. The number of nitrogens with zero attached hydrogens (tertiary/aromatic N) is 2. The van der Waals surface area contributed by atoms with E-state index in [-0.39, 0.29) is 6.03 Å². The summed E-state index contributed by atoms with van der Waals surface area (Å²) in [6.45, 7) is 3.76. The van der Waals surface area contributed by atoms with Crippen molar-refractivity contribution < 1.29 is 14.1 Å². The van der Waals surface area contributed by atoms with Crippen molar-refractivity contribution >= 4 is 22.6 Å². The Morgan fingerprint density at radius 2 is 2.20 bits per heavy atom. The minimum absolute atomic E-state index is 0.285. The standard InChI is InChI=1S/C18H22N4O3/c1-3-14-11-16(25-21-14)12-19-18(23)20-15-4-5-17-13(10-15)6-7-22(17)8-9-24-2/h4-7,10-11H,3,8-9,12H2,1-2H3,(H2,19,20,23). The highest BCUT2D eigenvalue weighted by Gasteiger charge is 2.07. The quantitative estimate of drug-likeness (QED) is 0.691. The van der Waals surface area contributed by atoms with Crippen LogP contribution in [-0.4, -0.2) is 29.5 Å². The van der Waals surface area contributed by atoms with Crippen molar-refractivity contribution in [1.82, 2.24) is 15.0 Å². The fourth-order valence-corrected chi connectivity index (χ4v) is 2.61. The normalized spacial score (nSPS) is 11.0. The van der Waals surface area contributed by atoms with Crippen LogP contribution in [-0.2, 0) is 24.2 Å². The van der Waals surface area contributed by atoms with Crippen molar-refractivity contribution in [2.45, 2.75) is 26.4 Å². The maximum atomic E-state index is 12.0. The summed E-state index contributed by atoms with van der Waals surface area (Å²) in [6, 6.07) is 9.40. The Bertz CT molecular complexity index is 853. The van der Waals surface area contributed by atoms with E-state index in [1.807, 2.05) is 43.5 Å². The number of urea groups is 1. The second kappa shape index (κ2) is 7.85. The smallest absolute Gasteiger partial charge is 0.319 e. The lowest BCUT2D eigenvalue weighted by atomic mass is 10.2. The fraction of sp³-hybridized carbons (Fsp3) is 0.333. The average Bonchev–Trinajstić information content (AvgIpc) is 3.24. The Hall–Kier alpha value is -2.80. The molecule has 0 atom stereocenters. The van der Waals surface area contributed by atoms with Gasteiger partial charge in [-0.3, -0.25) is 0 Å². The van der Waals surface area contributed by atoms with Crippen molar-refractivity contribution in [2.24, 2.45) is 0 Å². The summed E-state index contributed by atoms with van der Waals surface area (Å²) in [5.74, 6) is 0.637. The minimum atomic E-state index is -0.285. The van der Waals surface area contributed by atoms with Gasteiger partial charge < -0.3 is 24.5 Å². The Morgan fingerprint density at radius 3 is 2.96 bits per heavy atom. The van der Waals surface area contributed by atoms with Crippen LogP contribution in [0.15, 0.2) is 41.1 Å². The molecule has 0 aliphatic rings. The summed E-state index contributed by atoms with van der Waals surface area (Å²) in [5, 5.41) is 10.6. The van der Waals surface area contributed by atoms with Gasteiger partial charge in [-0.2, -0.15) is 0 Å². The Kier molecular flexibility index (Phi) is 5.35. The third-order valence-corrected chi connectivity index (χ3v) is 3.96. The molecule has 0 bridgehead atoms. The fourth-order valence-electron chi connectivity index (χ4n) is 2.61. The zero-order chi connectivity index (χ0) is 17.6. The van der Waals surface area contributed by atoms with Gasteiger partial charge in [0, 0.05) is 42.5 Å². The van der Waals surface area contributed by atoms with E-state index in [1.54, 1.807) is 7.11 Å². The van der Waals surface area contributed by atoms with Gasteiger partial charge in [0.15, 0.2) is 5.76 Å². The number of hydrogen-bond acceptors (Lipinski definition) is 4. The number of ether oxygens (including phenoxy) is 1. The van der Waals surface area contributed by atoms with Gasteiger partial charge in [0.25, 0.3) is 0 Å². The average molecular weight is 342 g/mol. The zero-order valence-corrected chi connectivity index (χ0v) is 14.4. The van der Waals surface area contributed by atoms with E-state index in [4.69, 9.17) is 9.26 Å². The highest BCUT2D eigenvalue weighted by atomic mass is 16.5. The van der Waals surface area contributed by atoms with Gasteiger partial charge in [-0.25, -0.2) is 4.79 Å². The number of carbonyl (C=O) groups excluding carboxylic acids is 1. The molecule has 2 aromatic heterocycles. The molecule has 7 nitrogen and oxygen atoms in total. The molecule has 0 saturated heterocycles. The monoisotopic (exact) mass is 342 g/mol. The van der Waals surface area contributed by atoms with E-state index >= 15 is 0 Å². The summed E-state index contributed by atoms with van der Waals surface area (Å²) in [7, 11) is 1.69. The summed E-state index contributed by atoms with van der Waals surface area (Å²) < 4.78 is 12.4. The van der Waals surface area contributed by atoms with Gasteiger partial charge in [-0.15, -0.1) is 0 Å². The number of fused-ring (bicyclic) bond motifs is 1. The molecule has 3 aromatic rings. The number of methoxy groups -OCH3 is 1. The van der Waals surface area contributed by atoms with E-state index in [0.29, 0.717) is 18.9 Å². The number of benzene rings is 1. The van der Waals surface area contributed by atoms with Crippen LogP contribution in [0.3, 0.4) is 0 Å². The highest BCUT2D eigenvalue weighted by molar-refractivity contribution is 5.92. The van der Waals surface area contributed by atoms with Crippen LogP contribution in [0, 0.1) is 0 Å². The van der Waals surface area contributed by atoms with Crippen LogP contribution >= 0.6 is 0 Å². The Balaban J connectivity index is 1.59. The first-order valence-electron chi connectivity index (χ1n) is 8.26. The van der Waals surface area contributed by atoms with E-state index in [9.17, 15) is 4.79 Å². The Morgan fingerprint density at radius 1 is 1.32 bits per heavy atom. The number of carbonyl (C=O) groups is 1. The van der Waals surface area contributed by atoms with Gasteiger partial charge in [0.05, 0.1) is 18.8 Å². The van der Waals surface area contributed by atoms with Gasteiger partial charge in [0.1, 0.15) is 0 Å². The molecule has 132 valence electrons. The molecule has 0 saturated carbocycles. The number of aromatic nitrogens is 2. The number of nitrogens with one attached hydrogen (secondary N) is 2. The van der Waals surface area contributed by atoms with E-state index in [1.165, 1.54) is 0 Å². The summed E-state index contributed by atoms with van der Waals surface area (Å²) >= 11 is 0. The highest BCUT2D eigenvalue weighted by Crippen LogP contribution is 2.20. The molecule has 2 amide bonds. The number of aryl methyl sites for hydroxylation is 1. The van der Waals surface area contributed by atoms with Crippen LogP contribution in [0.25, 0.3) is 10.9 Å². The predicted molar refractivity (Wildman–Crippen MR) is 95.6 cm³/mol. The van der Waals surface area contributed by atoms with Crippen molar-refractivity contribution in [1.29, 1.82) is 0 Å². The molecular formula is C18H22N4O3. The first-order chi connectivity index (χ1) is 12.2. The zero-order valence-electron chi connectivity index (χ0n) is 14.4. The second-order valence-electron chi connectivity index (χ2n) is 5.72. The third-order valence-electron chi connectivity index (χ3n) is 3.96. The summed E-state index contributed by atoms with van der Waals surface area (Å²) in [6.07, 6.45) is 2.82. The minimum Gasteiger partial charge on any atom is -0.383 e. The van der Waals surface area contributed by atoms with Crippen molar-refractivity contribution in [3.63, 3.8) is 0 Å². The molecular weight excluding hydrogens is 320 g/mol. The molecule has 1 aromatic carbocycles. The van der Waals surface area contributed by atoms with Gasteiger partial charge in [-0.05, 0) is 30.7 Å². The lowest BCUT2D eigenvalue weighted by Gasteiger charge is -2.08.